The number of anilines is 1. The van der Waals surface area contributed by atoms with Gasteiger partial charge in [0.05, 0.1) is 19.0 Å². The van der Waals surface area contributed by atoms with Crippen LogP contribution in [0.1, 0.15) is 0 Å². The van der Waals surface area contributed by atoms with Crippen LogP contribution in [0.25, 0.3) is 11.1 Å². The van der Waals surface area contributed by atoms with E-state index >= 15 is 0 Å². The average Bonchev–Trinajstić information content (AvgIpc) is 2.30. The van der Waals surface area contributed by atoms with Gasteiger partial charge >= 0.3 is 0 Å². The lowest BCUT2D eigenvalue weighted by Gasteiger charge is -2.08. The number of benzene rings is 1. The fourth-order valence-electron chi connectivity index (χ4n) is 1.47. The molecule has 1 aromatic heterocycles. The Morgan fingerprint density at radius 1 is 1.25 bits per heavy atom. The van der Waals surface area contributed by atoms with Crippen LogP contribution in [0.2, 0.25) is 5.02 Å². The van der Waals surface area contributed by atoms with Crippen LogP contribution in [0.4, 0.5) is 5.69 Å². The molecule has 0 aliphatic carbocycles. The summed E-state index contributed by atoms with van der Waals surface area (Å²) in [5.74, 6) is 0.552. The summed E-state index contributed by atoms with van der Waals surface area (Å²) in [6, 6.07) is 9.27. The van der Waals surface area contributed by atoms with Gasteiger partial charge in [0.2, 0.25) is 5.88 Å². The molecule has 0 amide bonds. The van der Waals surface area contributed by atoms with Crippen molar-refractivity contribution in [3.63, 3.8) is 0 Å². The third kappa shape index (κ3) is 2.09. The number of ether oxygens (including phenoxy) is 1. The van der Waals surface area contributed by atoms with Gasteiger partial charge in [-0.1, -0.05) is 23.7 Å². The van der Waals surface area contributed by atoms with Crippen LogP contribution >= 0.6 is 11.6 Å². The third-order valence-electron chi connectivity index (χ3n) is 2.22. The molecule has 0 atom stereocenters. The number of nitrogen functional groups attached to an aromatic ring is 1. The van der Waals surface area contributed by atoms with Gasteiger partial charge in [-0.25, -0.2) is 4.98 Å². The number of pyridine rings is 1. The number of hydrogen-bond acceptors (Lipinski definition) is 3. The number of nitrogens with zero attached hydrogens (tertiary/aromatic N) is 1. The zero-order valence-electron chi connectivity index (χ0n) is 8.77. The van der Waals surface area contributed by atoms with Crippen LogP contribution in [0.15, 0.2) is 36.5 Å². The van der Waals surface area contributed by atoms with Gasteiger partial charge in [-0.05, 0) is 23.8 Å². The van der Waals surface area contributed by atoms with Crippen LogP contribution in [0.5, 0.6) is 5.88 Å². The molecular weight excluding hydrogens is 224 g/mol. The maximum absolute atomic E-state index is 5.83. The van der Waals surface area contributed by atoms with Gasteiger partial charge in [0, 0.05) is 10.6 Å². The smallest absolute Gasteiger partial charge is 0.221 e. The van der Waals surface area contributed by atoms with Gasteiger partial charge in [0.25, 0.3) is 0 Å². The Balaban J connectivity index is 2.53. The van der Waals surface area contributed by atoms with Gasteiger partial charge in [0.15, 0.2) is 0 Å². The quantitative estimate of drug-likeness (QED) is 0.869. The van der Waals surface area contributed by atoms with Crippen LogP contribution in [0.3, 0.4) is 0 Å². The van der Waals surface area contributed by atoms with Crippen molar-refractivity contribution in [2.24, 2.45) is 0 Å². The molecule has 0 unspecified atom stereocenters. The fourth-order valence-corrected chi connectivity index (χ4v) is 1.59. The maximum atomic E-state index is 5.83. The molecule has 1 heterocycles. The Morgan fingerprint density at radius 3 is 2.56 bits per heavy atom. The second kappa shape index (κ2) is 4.41. The van der Waals surface area contributed by atoms with E-state index in [2.05, 4.69) is 4.98 Å². The standard InChI is InChI=1S/C12H11ClN2O/c1-16-12-11(6-10(14)7-15-12)8-2-4-9(13)5-3-8/h2-7H,14H2,1H3. The van der Waals surface area contributed by atoms with Crippen molar-refractivity contribution in [1.29, 1.82) is 0 Å². The van der Waals surface area contributed by atoms with Gasteiger partial charge in [-0.15, -0.1) is 0 Å². The molecule has 3 nitrogen and oxygen atoms in total. The van der Waals surface area contributed by atoms with Crippen molar-refractivity contribution >= 4 is 17.3 Å². The number of methoxy groups -OCH3 is 1. The van der Waals surface area contributed by atoms with E-state index in [0.717, 1.165) is 11.1 Å². The maximum Gasteiger partial charge on any atom is 0.221 e. The third-order valence-corrected chi connectivity index (χ3v) is 2.47. The molecule has 0 fully saturated rings. The van der Waals surface area contributed by atoms with Crippen molar-refractivity contribution < 1.29 is 4.74 Å². The van der Waals surface area contributed by atoms with Crippen LogP contribution < -0.4 is 10.5 Å². The molecule has 0 spiro atoms. The van der Waals surface area contributed by atoms with Gasteiger partial charge < -0.3 is 10.5 Å². The molecule has 2 rings (SSSR count). The first-order chi connectivity index (χ1) is 7.70. The highest BCUT2D eigenvalue weighted by molar-refractivity contribution is 6.30. The monoisotopic (exact) mass is 234 g/mol. The highest BCUT2D eigenvalue weighted by atomic mass is 35.5. The van der Waals surface area contributed by atoms with Crippen LogP contribution in [-0.4, -0.2) is 12.1 Å². The summed E-state index contributed by atoms with van der Waals surface area (Å²) in [4.78, 5) is 4.12. The molecule has 0 radical (unpaired) electrons. The molecule has 0 aliphatic rings. The minimum atomic E-state index is 0.552. The van der Waals surface area contributed by atoms with Crippen molar-refractivity contribution in [2.45, 2.75) is 0 Å². The SMILES string of the molecule is COc1ncc(N)cc1-c1ccc(Cl)cc1. The number of halogens is 1. The summed E-state index contributed by atoms with van der Waals surface area (Å²) in [7, 11) is 1.58. The van der Waals surface area contributed by atoms with E-state index < -0.39 is 0 Å². The molecule has 0 saturated heterocycles. The second-order valence-electron chi connectivity index (χ2n) is 3.33. The van der Waals surface area contributed by atoms with Crippen LogP contribution in [0, 0.1) is 0 Å². The summed E-state index contributed by atoms with van der Waals surface area (Å²) >= 11 is 5.83. The summed E-state index contributed by atoms with van der Waals surface area (Å²) in [6.45, 7) is 0. The fraction of sp³-hybridized carbons (Fsp3) is 0.0833. The Hall–Kier alpha value is -1.74. The van der Waals surface area contributed by atoms with Gasteiger partial charge in [-0.2, -0.15) is 0 Å². The van der Waals surface area contributed by atoms with Crippen LogP contribution in [-0.2, 0) is 0 Å². The molecule has 4 heteroatoms. The minimum absolute atomic E-state index is 0.552. The van der Waals surface area contributed by atoms with E-state index in [0.29, 0.717) is 16.6 Å². The van der Waals surface area contributed by atoms with E-state index in [4.69, 9.17) is 22.1 Å². The van der Waals surface area contributed by atoms with Crippen molar-refractivity contribution in [1.82, 2.24) is 4.98 Å². The molecule has 0 aliphatic heterocycles. The van der Waals surface area contributed by atoms with Crippen molar-refractivity contribution in [2.75, 3.05) is 12.8 Å². The van der Waals surface area contributed by atoms with Crippen molar-refractivity contribution in [3.8, 4) is 17.0 Å². The highest BCUT2D eigenvalue weighted by Crippen LogP contribution is 2.30. The molecule has 0 bridgehead atoms. The lowest BCUT2D eigenvalue weighted by atomic mass is 10.1. The molecule has 2 N–H and O–H groups in total. The Bertz CT molecular complexity index is 497. The van der Waals surface area contributed by atoms with E-state index in [1.54, 1.807) is 13.3 Å². The zero-order chi connectivity index (χ0) is 11.5. The first-order valence-electron chi connectivity index (χ1n) is 4.76. The minimum Gasteiger partial charge on any atom is -0.481 e. The van der Waals surface area contributed by atoms with Gasteiger partial charge in [0.1, 0.15) is 0 Å². The average molecular weight is 235 g/mol. The topological polar surface area (TPSA) is 48.1 Å². The normalized spacial score (nSPS) is 10.1. The first-order valence-corrected chi connectivity index (χ1v) is 5.14. The van der Waals surface area contributed by atoms with E-state index in [-0.39, 0.29) is 0 Å². The lowest BCUT2D eigenvalue weighted by molar-refractivity contribution is 0.400. The van der Waals surface area contributed by atoms with Gasteiger partial charge in [-0.3, -0.25) is 0 Å². The highest BCUT2D eigenvalue weighted by Gasteiger charge is 2.07. The number of rotatable bonds is 2. The summed E-state index contributed by atoms with van der Waals surface area (Å²) in [6.07, 6.45) is 1.57. The summed E-state index contributed by atoms with van der Waals surface area (Å²) < 4.78 is 5.19. The molecule has 16 heavy (non-hydrogen) atoms. The first kappa shape index (κ1) is 10.8. The molecule has 2 aromatic rings. The second-order valence-corrected chi connectivity index (χ2v) is 3.77. The number of nitrogens with two attached hydrogens (primary N) is 1. The van der Waals surface area contributed by atoms with E-state index in [1.165, 1.54) is 0 Å². The Kier molecular flexibility index (Phi) is 2.97. The van der Waals surface area contributed by atoms with Crippen molar-refractivity contribution in [3.05, 3.63) is 41.6 Å². The molecule has 0 saturated carbocycles. The summed E-state index contributed by atoms with van der Waals surface area (Å²) in [5, 5.41) is 0.694. The number of aromatic nitrogens is 1. The summed E-state index contributed by atoms with van der Waals surface area (Å²) in [5.41, 5.74) is 8.14. The Labute approximate surface area is 98.8 Å². The predicted molar refractivity (Wildman–Crippen MR) is 65.6 cm³/mol. The van der Waals surface area contributed by atoms with E-state index in [9.17, 15) is 0 Å². The lowest BCUT2D eigenvalue weighted by Crippen LogP contribution is -1.94. The predicted octanol–water partition coefficient (Wildman–Crippen LogP) is 2.99. The zero-order valence-corrected chi connectivity index (χ0v) is 9.53. The largest absolute Gasteiger partial charge is 0.481 e. The molecular formula is C12H11ClN2O. The molecule has 82 valence electrons. The van der Waals surface area contributed by atoms with E-state index in [1.807, 2.05) is 30.3 Å². The molecule has 1 aromatic carbocycles. The number of hydrogen-bond donors (Lipinski definition) is 1. The Morgan fingerprint density at radius 2 is 1.94 bits per heavy atom.